The fraction of sp³-hybridized carbons (Fsp3) is 0.462. The zero-order valence-corrected chi connectivity index (χ0v) is 10.8. The molecule has 3 heteroatoms. The third-order valence-corrected chi connectivity index (χ3v) is 2.86. The van der Waals surface area contributed by atoms with Crippen molar-refractivity contribution in [3.63, 3.8) is 0 Å². The molecule has 0 saturated carbocycles. The lowest BCUT2D eigenvalue weighted by Gasteiger charge is -2.16. The van der Waals surface area contributed by atoms with Crippen molar-refractivity contribution in [2.24, 2.45) is 0 Å². The van der Waals surface area contributed by atoms with Gasteiger partial charge in [-0.15, -0.1) is 12.6 Å². The van der Waals surface area contributed by atoms with Crippen LogP contribution in [0.15, 0.2) is 29.2 Å². The third-order valence-electron chi connectivity index (χ3n) is 2.56. The monoisotopic (exact) mass is 237 g/mol. The van der Waals surface area contributed by atoms with Crippen molar-refractivity contribution in [3.8, 4) is 0 Å². The summed E-state index contributed by atoms with van der Waals surface area (Å²) in [6, 6.07) is 7.73. The van der Waals surface area contributed by atoms with Crippen LogP contribution in [0.1, 0.15) is 25.3 Å². The van der Waals surface area contributed by atoms with E-state index in [4.69, 9.17) is 0 Å². The summed E-state index contributed by atoms with van der Waals surface area (Å²) in [5.41, 5.74) is 1.05. The van der Waals surface area contributed by atoms with Crippen molar-refractivity contribution in [1.29, 1.82) is 0 Å². The quantitative estimate of drug-likeness (QED) is 0.781. The second-order valence-electron chi connectivity index (χ2n) is 4.01. The number of hydrogen-bond donors (Lipinski definition) is 1. The van der Waals surface area contributed by atoms with Gasteiger partial charge in [0.15, 0.2) is 0 Å². The highest BCUT2D eigenvalue weighted by Gasteiger charge is 2.08. The average Bonchev–Trinajstić information content (AvgIpc) is 2.29. The second kappa shape index (κ2) is 6.59. The van der Waals surface area contributed by atoms with Crippen molar-refractivity contribution >= 4 is 18.5 Å². The smallest absolute Gasteiger partial charge is 0.226 e. The van der Waals surface area contributed by atoms with Gasteiger partial charge in [-0.25, -0.2) is 0 Å². The molecule has 1 aromatic rings. The van der Waals surface area contributed by atoms with Gasteiger partial charge in [0.25, 0.3) is 0 Å². The first-order valence-corrected chi connectivity index (χ1v) is 6.10. The van der Waals surface area contributed by atoms with Crippen LogP contribution in [0.25, 0.3) is 0 Å². The second-order valence-corrected chi connectivity index (χ2v) is 4.53. The van der Waals surface area contributed by atoms with Crippen molar-refractivity contribution in [2.45, 2.75) is 31.1 Å². The predicted octanol–water partition coefficient (Wildman–Crippen LogP) is 2.78. The fourth-order valence-corrected chi connectivity index (χ4v) is 1.59. The lowest BCUT2D eigenvalue weighted by Crippen LogP contribution is -2.29. The molecule has 0 heterocycles. The number of thiol groups is 1. The van der Waals surface area contributed by atoms with Gasteiger partial charge in [0.1, 0.15) is 0 Å². The van der Waals surface area contributed by atoms with Gasteiger partial charge >= 0.3 is 0 Å². The zero-order chi connectivity index (χ0) is 12.0. The Morgan fingerprint density at radius 1 is 1.31 bits per heavy atom. The van der Waals surface area contributed by atoms with E-state index < -0.39 is 0 Å². The summed E-state index contributed by atoms with van der Waals surface area (Å²) in [6.45, 7) is 2.98. The molecule has 0 atom stereocenters. The van der Waals surface area contributed by atoms with Crippen LogP contribution in [-0.2, 0) is 11.2 Å². The summed E-state index contributed by atoms with van der Waals surface area (Å²) >= 11 is 4.21. The molecule has 0 N–H and O–H groups in total. The molecule has 0 spiro atoms. The highest BCUT2D eigenvalue weighted by Crippen LogP contribution is 2.09. The minimum absolute atomic E-state index is 0.181. The number of carbonyl (C=O) groups is 1. The molecule has 0 aromatic heterocycles. The molecule has 16 heavy (non-hydrogen) atoms. The number of amides is 1. The Morgan fingerprint density at radius 3 is 2.50 bits per heavy atom. The fourth-order valence-electron chi connectivity index (χ4n) is 1.44. The summed E-state index contributed by atoms with van der Waals surface area (Å²) in [5, 5.41) is 0. The molecule has 0 unspecified atom stereocenters. The van der Waals surface area contributed by atoms with Crippen LogP contribution >= 0.6 is 12.6 Å². The Hall–Kier alpha value is -0.960. The van der Waals surface area contributed by atoms with Gasteiger partial charge in [-0.05, 0) is 24.1 Å². The highest BCUT2D eigenvalue weighted by molar-refractivity contribution is 7.80. The van der Waals surface area contributed by atoms with Gasteiger partial charge in [0, 0.05) is 18.5 Å². The van der Waals surface area contributed by atoms with E-state index in [0.717, 1.165) is 29.8 Å². The number of carbonyl (C=O) groups excluding carboxylic acids is 1. The molecular formula is C13H19NOS. The molecule has 1 aromatic carbocycles. The van der Waals surface area contributed by atoms with Gasteiger partial charge in [0.2, 0.25) is 5.91 Å². The Kier molecular flexibility index (Phi) is 5.39. The Balaban J connectivity index is 2.47. The molecule has 0 radical (unpaired) electrons. The van der Waals surface area contributed by atoms with E-state index in [9.17, 15) is 4.79 Å². The molecule has 0 aliphatic heterocycles. The molecule has 88 valence electrons. The average molecular weight is 237 g/mol. The van der Waals surface area contributed by atoms with Crippen molar-refractivity contribution < 1.29 is 4.79 Å². The van der Waals surface area contributed by atoms with Crippen LogP contribution in [-0.4, -0.2) is 24.4 Å². The molecule has 1 amide bonds. The van der Waals surface area contributed by atoms with Crippen LogP contribution in [0.5, 0.6) is 0 Å². The molecule has 0 aliphatic rings. The first-order chi connectivity index (χ1) is 7.63. The maximum absolute atomic E-state index is 11.8. The SMILES string of the molecule is CCCCN(C)C(=O)Cc1ccc(S)cc1. The number of rotatable bonds is 5. The number of benzene rings is 1. The van der Waals surface area contributed by atoms with E-state index in [1.54, 1.807) is 4.90 Å². The van der Waals surface area contributed by atoms with Crippen LogP contribution in [0.3, 0.4) is 0 Å². The third kappa shape index (κ3) is 4.27. The van der Waals surface area contributed by atoms with E-state index in [1.165, 1.54) is 0 Å². The summed E-state index contributed by atoms with van der Waals surface area (Å²) < 4.78 is 0. The Morgan fingerprint density at radius 2 is 1.94 bits per heavy atom. The number of hydrogen-bond acceptors (Lipinski definition) is 2. The minimum atomic E-state index is 0.181. The topological polar surface area (TPSA) is 20.3 Å². The van der Waals surface area contributed by atoms with Crippen molar-refractivity contribution in [3.05, 3.63) is 29.8 Å². The molecule has 0 aliphatic carbocycles. The molecule has 1 rings (SSSR count). The number of unbranched alkanes of at least 4 members (excludes halogenated alkanes) is 1. The minimum Gasteiger partial charge on any atom is -0.345 e. The maximum atomic E-state index is 11.8. The van der Waals surface area contributed by atoms with Gasteiger partial charge < -0.3 is 4.90 Å². The van der Waals surface area contributed by atoms with Crippen LogP contribution < -0.4 is 0 Å². The highest BCUT2D eigenvalue weighted by atomic mass is 32.1. The maximum Gasteiger partial charge on any atom is 0.226 e. The van der Waals surface area contributed by atoms with E-state index in [2.05, 4.69) is 19.6 Å². The van der Waals surface area contributed by atoms with Crippen molar-refractivity contribution in [1.82, 2.24) is 4.90 Å². The lowest BCUT2D eigenvalue weighted by atomic mass is 10.1. The largest absolute Gasteiger partial charge is 0.345 e. The molecular weight excluding hydrogens is 218 g/mol. The molecule has 0 saturated heterocycles. The van der Waals surface area contributed by atoms with E-state index in [0.29, 0.717) is 6.42 Å². The first kappa shape index (κ1) is 13.1. The lowest BCUT2D eigenvalue weighted by molar-refractivity contribution is -0.129. The standard InChI is InChI=1S/C13H19NOS/c1-3-4-9-14(2)13(15)10-11-5-7-12(16)8-6-11/h5-8,16H,3-4,9-10H2,1-2H3. The molecule has 0 fully saturated rings. The van der Waals surface area contributed by atoms with Gasteiger partial charge in [-0.3, -0.25) is 4.79 Å². The van der Waals surface area contributed by atoms with Gasteiger partial charge in [-0.1, -0.05) is 25.5 Å². The summed E-state index contributed by atoms with van der Waals surface area (Å²) in [5.74, 6) is 0.181. The summed E-state index contributed by atoms with van der Waals surface area (Å²) in [7, 11) is 1.87. The van der Waals surface area contributed by atoms with Crippen molar-refractivity contribution in [2.75, 3.05) is 13.6 Å². The molecule has 0 bridgehead atoms. The number of likely N-dealkylation sites (N-methyl/N-ethyl adjacent to an activating group) is 1. The Labute approximate surface area is 103 Å². The summed E-state index contributed by atoms with van der Waals surface area (Å²) in [6.07, 6.45) is 2.66. The zero-order valence-electron chi connectivity index (χ0n) is 9.94. The predicted molar refractivity (Wildman–Crippen MR) is 69.9 cm³/mol. The van der Waals surface area contributed by atoms with E-state index in [1.807, 2.05) is 31.3 Å². The van der Waals surface area contributed by atoms with Gasteiger partial charge in [0.05, 0.1) is 6.42 Å². The first-order valence-electron chi connectivity index (χ1n) is 5.65. The summed E-state index contributed by atoms with van der Waals surface area (Å²) in [4.78, 5) is 14.5. The van der Waals surface area contributed by atoms with E-state index >= 15 is 0 Å². The van der Waals surface area contributed by atoms with Crippen LogP contribution in [0, 0.1) is 0 Å². The van der Waals surface area contributed by atoms with Gasteiger partial charge in [-0.2, -0.15) is 0 Å². The number of nitrogens with zero attached hydrogens (tertiary/aromatic N) is 1. The normalized spacial score (nSPS) is 10.2. The molecule has 2 nitrogen and oxygen atoms in total. The van der Waals surface area contributed by atoms with Crippen LogP contribution in [0.4, 0.5) is 0 Å². The Bertz CT molecular complexity index is 334. The van der Waals surface area contributed by atoms with E-state index in [-0.39, 0.29) is 5.91 Å². The van der Waals surface area contributed by atoms with Crippen LogP contribution in [0.2, 0.25) is 0 Å².